The molecule has 0 atom stereocenters. The number of hydrogen-bond donors (Lipinski definition) is 2. The zero-order valence-electron chi connectivity index (χ0n) is 16.8. The number of ether oxygens (including phenoxy) is 1. The molecular weight excluding hydrogens is 402 g/mol. The van der Waals surface area contributed by atoms with Crippen LogP contribution in [0.15, 0.2) is 64.0 Å². The van der Waals surface area contributed by atoms with Crippen LogP contribution >= 0.6 is 11.8 Å². The zero-order valence-corrected chi connectivity index (χ0v) is 17.6. The van der Waals surface area contributed by atoms with Crippen molar-refractivity contribution in [1.82, 2.24) is 10.5 Å². The highest BCUT2D eigenvalue weighted by Gasteiger charge is 2.14. The van der Waals surface area contributed by atoms with Crippen LogP contribution in [-0.2, 0) is 10.5 Å². The number of rotatable bonds is 9. The summed E-state index contributed by atoms with van der Waals surface area (Å²) in [6.45, 7) is 4.21. The van der Waals surface area contributed by atoms with Crippen LogP contribution in [0.4, 0.5) is 5.69 Å². The predicted molar refractivity (Wildman–Crippen MR) is 116 cm³/mol. The molecule has 0 aliphatic rings. The third-order valence-electron chi connectivity index (χ3n) is 4.04. The normalized spacial score (nSPS) is 10.5. The lowest BCUT2D eigenvalue weighted by Crippen LogP contribution is -2.33. The van der Waals surface area contributed by atoms with Crippen molar-refractivity contribution in [1.29, 1.82) is 0 Å². The molecule has 2 aromatic carbocycles. The van der Waals surface area contributed by atoms with Crippen LogP contribution in [0.25, 0.3) is 0 Å². The van der Waals surface area contributed by atoms with Gasteiger partial charge in [0.2, 0.25) is 5.91 Å². The first-order valence-corrected chi connectivity index (χ1v) is 10.5. The van der Waals surface area contributed by atoms with Gasteiger partial charge in [-0.2, -0.15) is 0 Å². The fourth-order valence-electron chi connectivity index (χ4n) is 2.68. The van der Waals surface area contributed by atoms with E-state index in [-0.39, 0.29) is 18.4 Å². The molecule has 0 bridgehead atoms. The van der Waals surface area contributed by atoms with Crippen molar-refractivity contribution in [2.24, 2.45) is 0 Å². The average Bonchev–Trinajstić information content (AvgIpc) is 3.17. The van der Waals surface area contributed by atoms with Crippen molar-refractivity contribution < 1.29 is 18.8 Å². The third-order valence-corrected chi connectivity index (χ3v) is 5.13. The molecule has 0 saturated heterocycles. The summed E-state index contributed by atoms with van der Waals surface area (Å²) in [6, 6.07) is 16.2. The molecule has 0 aliphatic carbocycles. The lowest BCUT2D eigenvalue weighted by Gasteiger charge is -2.10. The molecule has 0 fully saturated rings. The molecule has 0 radical (unpaired) electrons. The fraction of sp³-hybridized carbons (Fsp3) is 0.227. The number of carbonyl (C=O) groups is 2. The van der Waals surface area contributed by atoms with Gasteiger partial charge in [0.25, 0.3) is 5.91 Å². The Hall–Kier alpha value is -3.26. The van der Waals surface area contributed by atoms with Crippen LogP contribution in [0.2, 0.25) is 0 Å². The Labute approximate surface area is 179 Å². The van der Waals surface area contributed by atoms with Gasteiger partial charge in [-0.05, 0) is 50.2 Å². The van der Waals surface area contributed by atoms with Gasteiger partial charge in [-0.1, -0.05) is 17.3 Å². The van der Waals surface area contributed by atoms with E-state index >= 15 is 0 Å². The predicted octanol–water partition coefficient (Wildman–Crippen LogP) is 4.04. The number of anilines is 1. The molecule has 8 heteroatoms. The van der Waals surface area contributed by atoms with E-state index in [1.165, 1.54) is 11.8 Å². The number of aromatic nitrogens is 1. The van der Waals surface area contributed by atoms with Gasteiger partial charge in [0, 0.05) is 16.6 Å². The summed E-state index contributed by atoms with van der Waals surface area (Å²) >= 11 is 1.48. The minimum absolute atomic E-state index is 0.133. The molecule has 2 N–H and O–H groups in total. The molecule has 0 aliphatic heterocycles. The SMILES string of the molecule is CCOc1ccc(NC(=O)CNC(=O)c2ccccc2SCc2cc(C)no2)cc1. The Bertz CT molecular complexity index is 1000. The van der Waals surface area contributed by atoms with Crippen LogP contribution in [-0.4, -0.2) is 30.1 Å². The summed E-state index contributed by atoms with van der Waals surface area (Å²) in [5.41, 5.74) is 1.96. The maximum Gasteiger partial charge on any atom is 0.252 e. The van der Waals surface area contributed by atoms with Crippen LogP contribution in [0, 0.1) is 6.92 Å². The zero-order chi connectivity index (χ0) is 21.3. The number of benzene rings is 2. The molecule has 0 spiro atoms. The van der Waals surface area contributed by atoms with Crippen LogP contribution < -0.4 is 15.4 Å². The number of thioether (sulfide) groups is 1. The third kappa shape index (κ3) is 6.12. The first-order chi connectivity index (χ1) is 14.5. The van der Waals surface area contributed by atoms with E-state index in [2.05, 4.69) is 15.8 Å². The highest BCUT2D eigenvalue weighted by atomic mass is 32.2. The molecule has 156 valence electrons. The van der Waals surface area contributed by atoms with Gasteiger partial charge in [0.05, 0.1) is 30.2 Å². The first kappa shape index (κ1) is 21.4. The molecule has 3 rings (SSSR count). The number of hydrogen-bond acceptors (Lipinski definition) is 6. The summed E-state index contributed by atoms with van der Waals surface area (Å²) in [5, 5.41) is 9.28. The van der Waals surface area contributed by atoms with E-state index in [9.17, 15) is 9.59 Å². The second kappa shape index (κ2) is 10.5. The van der Waals surface area contributed by atoms with Crippen LogP contribution in [0.1, 0.15) is 28.7 Å². The Morgan fingerprint density at radius 1 is 1.13 bits per heavy atom. The molecule has 30 heavy (non-hydrogen) atoms. The van der Waals surface area contributed by atoms with E-state index in [0.29, 0.717) is 23.6 Å². The van der Waals surface area contributed by atoms with Gasteiger partial charge in [-0.15, -0.1) is 11.8 Å². The highest BCUT2D eigenvalue weighted by Crippen LogP contribution is 2.26. The molecular formula is C22H23N3O4S. The smallest absolute Gasteiger partial charge is 0.252 e. The Morgan fingerprint density at radius 3 is 2.60 bits per heavy atom. The second-order valence-electron chi connectivity index (χ2n) is 6.41. The van der Waals surface area contributed by atoms with Gasteiger partial charge in [-0.3, -0.25) is 9.59 Å². The van der Waals surface area contributed by atoms with Crippen molar-refractivity contribution in [3.8, 4) is 5.75 Å². The lowest BCUT2D eigenvalue weighted by atomic mass is 10.2. The monoisotopic (exact) mass is 425 g/mol. The van der Waals surface area contributed by atoms with Crippen LogP contribution in [0.5, 0.6) is 5.75 Å². The van der Waals surface area contributed by atoms with E-state index in [1.54, 1.807) is 36.4 Å². The first-order valence-electron chi connectivity index (χ1n) is 9.50. The van der Waals surface area contributed by atoms with Gasteiger partial charge in [-0.25, -0.2) is 0 Å². The largest absolute Gasteiger partial charge is 0.494 e. The number of nitrogens with zero attached hydrogens (tertiary/aromatic N) is 1. The molecule has 1 heterocycles. The highest BCUT2D eigenvalue weighted by molar-refractivity contribution is 7.98. The number of aryl methyl sites for hydroxylation is 1. The quantitative estimate of drug-likeness (QED) is 0.503. The van der Waals surface area contributed by atoms with Gasteiger partial charge in [0.1, 0.15) is 11.5 Å². The minimum Gasteiger partial charge on any atom is -0.494 e. The summed E-state index contributed by atoms with van der Waals surface area (Å²) < 4.78 is 10.6. The Morgan fingerprint density at radius 2 is 1.90 bits per heavy atom. The fourth-order valence-corrected chi connectivity index (χ4v) is 3.60. The minimum atomic E-state index is -0.311. The molecule has 1 aromatic heterocycles. The molecule has 3 aromatic rings. The summed E-state index contributed by atoms with van der Waals surface area (Å²) in [5.74, 6) is 1.41. The van der Waals surface area contributed by atoms with Gasteiger partial charge in [0.15, 0.2) is 0 Å². The van der Waals surface area contributed by atoms with E-state index in [0.717, 1.165) is 22.1 Å². The Balaban J connectivity index is 1.53. The topological polar surface area (TPSA) is 93.5 Å². The molecule has 0 saturated carbocycles. The average molecular weight is 426 g/mol. The van der Waals surface area contributed by atoms with E-state index < -0.39 is 0 Å². The summed E-state index contributed by atoms with van der Waals surface area (Å²) in [4.78, 5) is 25.6. The molecule has 0 unspecified atom stereocenters. The number of nitrogens with one attached hydrogen (secondary N) is 2. The van der Waals surface area contributed by atoms with E-state index in [4.69, 9.17) is 9.26 Å². The number of carbonyl (C=O) groups excluding carboxylic acids is 2. The van der Waals surface area contributed by atoms with Crippen molar-refractivity contribution in [3.63, 3.8) is 0 Å². The van der Waals surface area contributed by atoms with Crippen molar-refractivity contribution in [3.05, 3.63) is 71.6 Å². The maximum absolute atomic E-state index is 12.6. The summed E-state index contributed by atoms with van der Waals surface area (Å²) in [6.07, 6.45) is 0. The van der Waals surface area contributed by atoms with Gasteiger partial charge >= 0.3 is 0 Å². The van der Waals surface area contributed by atoms with Crippen LogP contribution in [0.3, 0.4) is 0 Å². The lowest BCUT2D eigenvalue weighted by molar-refractivity contribution is -0.115. The van der Waals surface area contributed by atoms with Crippen molar-refractivity contribution in [2.45, 2.75) is 24.5 Å². The van der Waals surface area contributed by atoms with Crippen molar-refractivity contribution >= 4 is 29.3 Å². The number of amides is 2. The van der Waals surface area contributed by atoms with Gasteiger partial charge < -0.3 is 19.9 Å². The standard InChI is InChI=1S/C22H23N3O4S/c1-3-28-17-10-8-16(9-11-17)24-21(26)13-23-22(27)19-6-4-5-7-20(19)30-14-18-12-15(2)25-29-18/h4-12H,3,13-14H2,1-2H3,(H,23,27)(H,24,26). The molecule has 2 amide bonds. The maximum atomic E-state index is 12.6. The van der Waals surface area contributed by atoms with E-state index in [1.807, 2.05) is 32.0 Å². The van der Waals surface area contributed by atoms with Crippen molar-refractivity contribution in [2.75, 3.05) is 18.5 Å². The summed E-state index contributed by atoms with van der Waals surface area (Å²) in [7, 11) is 0. The Kier molecular flexibility index (Phi) is 7.51. The molecule has 7 nitrogen and oxygen atoms in total. The second-order valence-corrected chi connectivity index (χ2v) is 7.42.